The number of aromatic amines is 1. The molecule has 5 heterocycles. The van der Waals surface area contributed by atoms with E-state index in [1.165, 1.54) is 12.1 Å². The first-order valence-corrected chi connectivity index (χ1v) is 15.5. The number of rotatable bonds is 6. The third-order valence-corrected chi connectivity index (χ3v) is 9.19. The summed E-state index contributed by atoms with van der Waals surface area (Å²) in [6.45, 7) is 5.76. The molecule has 10 nitrogen and oxygen atoms in total. The number of ether oxygens (including phenoxy) is 1. The minimum Gasteiger partial charge on any atom is -0.455 e. The Morgan fingerprint density at radius 2 is 1.91 bits per heavy atom. The van der Waals surface area contributed by atoms with E-state index in [4.69, 9.17) is 4.74 Å². The second-order valence-electron chi connectivity index (χ2n) is 12.8. The number of benzene rings is 1. The number of urea groups is 1. The number of carbonyl (C=O) groups excluding carboxylic acids is 1. The van der Waals surface area contributed by atoms with E-state index in [2.05, 4.69) is 25.2 Å². The second-order valence-corrected chi connectivity index (χ2v) is 12.8. The van der Waals surface area contributed by atoms with Gasteiger partial charge in [-0.3, -0.25) is 9.88 Å². The van der Waals surface area contributed by atoms with Gasteiger partial charge in [0.1, 0.15) is 22.7 Å². The largest absolute Gasteiger partial charge is 0.455 e. The predicted octanol–water partition coefficient (Wildman–Crippen LogP) is 5.65. The van der Waals surface area contributed by atoms with Crippen LogP contribution in [-0.2, 0) is 24.9 Å². The smallest absolute Gasteiger partial charge is 0.416 e. The van der Waals surface area contributed by atoms with E-state index >= 15 is 0 Å². The zero-order chi connectivity index (χ0) is 32.2. The SMILES string of the molecule is C[C@H]1CN(C(=O)Nc2ccc(CN3CCN(C)CC3)c(C(F)(F)F)c2)Cc2cc(Oc3ccnc4[nH]c(C5(O)CC5)cc34)cnc21. The molecule has 0 spiro atoms. The number of hydrogen-bond acceptors (Lipinski definition) is 7. The third-order valence-electron chi connectivity index (χ3n) is 9.19. The van der Waals surface area contributed by atoms with Crippen LogP contribution in [-0.4, -0.2) is 80.6 Å². The molecule has 13 heteroatoms. The van der Waals surface area contributed by atoms with Gasteiger partial charge >= 0.3 is 12.2 Å². The number of likely N-dealkylation sites (N-methyl/N-ethyl adjacent to an activating group) is 1. The molecule has 46 heavy (non-hydrogen) atoms. The summed E-state index contributed by atoms with van der Waals surface area (Å²) in [7, 11) is 2.00. The topological polar surface area (TPSA) is 110 Å². The van der Waals surface area contributed by atoms with Crippen molar-refractivity contribution in [3.63, 3.8) is 0 Å². The first-order valence-electron chi connectivity index (χ1n) is 15.5. The van der Waals surface area contributed by atoms with Gasteiger partial charge in [0.2, 0.25) is 0 Å². The van der Waals surface area contributed by atoms with Crippen molar-refractivity contribution in [2.45, 2.75) is 50.6 Å². The average molecular weight is 636 g/mol. The maximum Gasteiger partial charge on any atom is 0.416 e. The fourth-order valence-electron chi connectivity index (χ4n) is 6.33. The van der Waals surface area contributed by atoms with Gasteiger partial charge in [-0.2, -0.15) is 13.2 Å². The molecular weight excluding hydrogens is 599 g/mol. The number of nitrogens with one attached hydrogen (secondary N) is 2. The molecule has 1 aliphatic carbocycles. The van der Waals surface area contributed by atoms with Crippen molar-refractivity contribution >= 4 is 22.8 Å². The molecule has 0 radical (unpaired) electrons. The molecule has 2 aliphatic heterocycles. The first-order chi connectivity index (χ1) is 21.9. The fraction of sp³-hybridized carbons (Fsp3) is 0.424. The molecule has 3 aliphatic rings. The lowest BCUT2D eigenvalue weighted by atomic mass is 9.96. The Hall–Kier alpha value is -4.20. The Balaban J connectivity index is 1.06. The van der Waals surface area contributed by atoms with Crippen LogP contribution in [0, 0.1) is 0 Å². The molecule has 0 bridgehead atoms. The minimum absolute atomic E-state index is 0.0940. The number of pyridine rings is 2. The monoisotopic (exact) mass is 635 g/mol. The van der Waals surface area contributed by atoms with Crippen molar-refractivity contribution in [1.82, 2.24) is 29.7 Å². The molecule has 7 rings (SSSR count). The summed E-state index contributed by atoms with van der Waals surface area (Å²) in [5.74, 6) is 0.923. The molecule has 1 atom stereocenters. The van der Waals surface area contributed by atoms with Gasteiger partial charge in [0.25, 0.3) is 0 Å². The van der Waals surface area contributed by atoms with E-state index in [1.807, 2.05) is 31.0 Å². The third kappa shape index (κ3) is 6.14. The molecule has 2 fully saturated rings. The zero-order valence-corrected chi connectivity index (χ0v) is 25.7. The lowest BCUT2D eigenvalue weighted by molar-refractivity contribution is -0.138. The van der Waals surface area contributed by atoms with Gasteiger partial charge in [-0.15, -0.1) is 0 Å². The number of anilines is 1. The number of nitrogens with zero attached hydrogens (tertiary/aromatic N) is 5. The molecule has 1 saturated heterocycles. The van der Waals surface area contributed by atoms with Crippen molar-refractivity contribution in [3.05, 3.63) is 76.9 Å². The summed E-state index contributed by atoms with van der Waals surface area (Å²) in [5.41, 5.74) is 1.65. The average Bonchev–Trinajstić information content (AvgIpc) is 3.60. The van der Waals surface area contributed by atoms with Gasteiger partial charge in [0, 0.05) is 69.3 Å². The maximum absolute atomic E-state index is 14.1. The van der Waals surface area contributed by atoms with Gasteiger partial charge in [-0.05, 0) is 61.3 Å². The van der Waals surface area contributed by atoms with E-state index < -0.39 is 23.4 Å². The highest BCUT2D eigenvalue weighted by Gasteiger charge is 2.43. The van der Waals surface area contributed by atoms with Crippen LogP contribution in [0.5, 0.6) is 11.5 Å². The molecule has 4 aromatic rings. The standard InChI is InChI=1S/C33H36F3N7O3/c1-20-17-43(31(44)39-23-4-3-21(26(14-23)33(34,35)36)18-42-11-9-41(2)10-12-42)19-22-13-24(16-38-29(20)22)46-27-5-8-37-30-25(27)15-28(40-30)32(45)6-7-32/h3-5,8,13-16,20,45H,6-7,9-12,17-19H2,1-2H3,(H,37,40)(H,39,44)/t20-/m0/s1. The van der Waals surface area contributed by atoms with Crippen LogP contribution in [0.1, 0.15) is 53.8 Å². The minimum atomic E-state index is -4.55. The Bertz CT molecular complexity index is 1780. The molecule has 242 valence electrons. The maximum atomic E-state index is 14.1. The summed E-state index contributed by atoms with van der Waals surface area (Å²) in [5, 5.41) is 14.0. The van der Waals surface area contributed by atoms with Crippen LogP contribution in [0.25, 0.3) is 11.0 Å². The van der Waals surface area contributed by atoms with Crippen LogP contribution < -0.4 is 10.1 Å². The molecule has 2 amide bonds. The number of H-pyrrole nitrogens is 1. The van der Waals surface area contributed by atoms with E-state index in [-0.39, 0.29) is 30.3 Å². The highest BCUT2D eigenvalue weighted by atomic mass is 19.4. The number of carbonyl (C=O) groups is 1. The number of piperazine rings is 1. The van der Waals surface area contributed by atoms with Crippen LogP contribution in [0.2, 0.25) is 0 Å². The molecule has 3 aromatic heterocycles. The molecular formula is C33H36F3N7O3. The summed E-state index contributed by atoms with van der Waals surface area (Å²) >= 11 is 0. The normalized spacial score (nSPS) is 20.0. The van der Waals surface area contributed by atoms with Crippen LogP contribution in [0.3, 0.4) is 0 Å². The van der Waals surface area contributed by atoms with Crippen molar-refractivity contribution in [2.24, 2.45) is 0 Å². The Morgan fingerprint density at radius 3 is 2.65 bits per heavy atom. The summed E-state index contributed by atoms with van der Waals surface area (Å²) in [4.78, 5) is 31.3. The lowest BCUT2D eigenvalue weighted by Crippen LogP contribution is -2.44. The Labute approximate surface area is 264 Å². The van der Waals surface area contributed by atoms with Gasteiger partial charge in [-0.1, -0.05) is 13.0 Å². The van der Waals surface area contributed by atoms with Gasteiger partial charge in [-0.25, -0.2) is 9.78 Å². The van der Waals surface area contributed by atoms with Crippen molar-refractivity contribution in [3.8, 4) is 11.5 Å². The van der Waals surface area contributed by atoms with E-state index in [0.29, 0.717) is 55.3 Å². The number of fused-ring (bicyclic) bond motifs is 2. The predicted molar refractivity (Wildman–Crippen MR) is 166 cm³/mol. The van der Waals surface area contributed by atoms with Crippen molar-refractivity contribution in [2.75, 3.05) is 45.1 Å². The molecule has 1 saturated carbocycles. The van der Waals surface area contributed by atoms with Crippen molar-refractivity contribution in [1.29, 1.82) is 0 Å². The quantitative estimate of drug-likeness (QED) is 0.251. The number of halogens is 3. The van der Waals surface area contributed by atoms with Crippen molar-refractivity contribution < 1.29 is 27.8 Å². The van der Waals surface area contributed by atoms with E-state index in [1.54, 1.807) is 23.4 Å². The number of aromatic nitrogens is 3. The van der Waals surface area contributed by atoms with E-state index in [9.17, 15) is 23.1 Å². The second kappa shape index (κ2) is 11.6. The summed E-state index contributed by atoms with van der Waals surface area (Å²) < 4.78 is 48.5. The van der Waals surface area contributed by atoms with Gasteiger partial charge < -0.3 is 29.9 Å². The highest BCUT2D eigenvalue weighted by molar-refractivity contribution is 5.89. The fourth-order valence-corrected chi connectivity index (χ4v) is 6.33. The molecule has 1 aromatic carbocycles. The lowest BCUT2D eigenvalue weighted by Gasteiger charge is -2.33. The number of hydrogen-bond donors (Lipinski definition) is 3. The van der Waals surface area contributed by atoms with Gasteiger partial charge in [0.15, 0.2) is 0 Å². The summed E-state index contributed by atoms with van der Waals surface area (Å²) in [6, 6.07) is 8.98. The Morgan fingerprint density at radius 1 is 1.13 bits per heavy atom. The number of alkyl halides is 3. The zero-order valence-electron chi connectivity index (χ0n) is 25.7. The summed E-state index contributed by atoms with van der Waals surface area (Å²) in [6.07, 6.45) is 0.0974. The molecule has 0 unspecified atom stereocenters. The highest BCUT2D eigenvalue weighted by Crippen LogP contribution is 2.46. The first kappa shape index (κ1) is 30.5. The molecule has 3 N–H and O–H groups in total. The van der Waals surface area contributed by atoms with Crippen LogP contribution in [0.15, 0.2) is 48.8 Å². The van der Waals surface area contributed by atoms with Gasteiger partial charge in [0.05, 0.1) is 22.8 Å². The Kier molecular flexibility index (Phi) is 7.65. The van der Waals surface area contributed by atoms with E-state index in [0.717, 1.165) is 35.8 Å². The number of amides is 2. The number of aliphatic hydroxyl groups is 1. The van der Waals surface area contributed by atoms with Crippen LogP contribution in [0.4, 0.5) is 23.7 Å². The van der Waals surface area contributed by atoms with Crippen LogP contribution >= 0.6 is 0 Å².